The van der Waals surface area contributed by atoms with Crippen molar-refractivity contribution >= 4 is 45.7 Å². The van der Waals surface area contributed by atoms with Crippen LogP contribution in [0.5, 0.6) is 5.75 Å². The van der Waals surface area contributed by atoms with E-state index in [0.29, 0.717) is 28.4 Å². The lowest BCUT2D eigenvalue weighted by molar-refractivity contribution is -0.123. The van der Waals surface area contributed by atoms with Gasteiger partial charge in [-0.2, -0.15) is 0 Å². The van der Waals surface area contributed by atoms with Crippen LogP contribution in [0.25, 0.3) is 28.2 Å². The van der Waals surface area contributed by atoms with Gasteiger partial charge in [0.2, 0.25) is 0 Å². The molecule has 5 rings (SSSR count). The van der Waals surface area contributed by atoms with Gasteiger partial charge in [0, 0.05) is 17.0 Å². The van der Waals surface area contributed by atoms with Gasteiger partial charge in [0.15, 0.2) is 0 Å². The second-order valence-electron chi connectivity index (χ2n) is 8.16. The van der Waals surface area contributed by atoms with Gasteiger partial charge in [-0.1, -0.05) is 48.5 Å². The van der Waals surface area contributed by atoms with Crippen LogP contribution in [-0.4, -0.2) is 41.8 Å². The fourth-order valence-corrected chi connectivity index (χ4v) is 4.83. The molecule has 0 bridgehead atoms. The smallest absolute Gasteiger partial charge is 0.338 e. The number of fused-ring (bicyclic) bond motifs is 1. The highest BCUT2D eigenvalue weighted by molar-refractivity contribution is 8.18. The maximum Gasteiger partial charge on any atom is 0.338 e. The molecule has 1 saturated heterocycles. The van der Waals surface area contributed by atoms with E-state index in [2.05, 4.69) is 0 Å². The van der Waals surface area contributed by atoms with Crippen molar-refractivity contribution in [3.63, 3.8) is 0 Å². The number of nitrogens with zero attached hydrogens (tertiary/aromatic N) is 1. The van der Waals surface area contributed by atoms with Crippen LogP contribution < -0.4 is 4.74 Å². The van der Waals surface area contributed by atoms with E-state index in [1.807, 2.05) is 48.5 Å². The average Bonchev–Trinajstić information content (AvgIpc) is 3.49. The van der Waals surface area contributed by atoms with Gasteiger partial charge in [-0.05, 0) is 54.4 Å². The predicted molar refractivity (Wildman–Crippen MR) is 142 cm³/mol. The van der Waals surface area contributed by atoms with Crippen molar-refractivity contribution in [1.82, 2.24) is 4.90 Å². The number of furan rings is 1. The van der Waals surface area contributed by atoms with E-state index in [-0.39, 0.29) is 29.9 Å². The number of thioether (sulfide) groups is 1. The SMILES string of the molecule is CCOC(=O)c1cccc(-c2ccc(/C=C3\SC(=O)N(CCOc4cccc5ccccc45)C3=O)o2)c1. The topological polar surface area (TPSA) is 86.0 Å². The Morgan fingerprint density at radius 3 is 2.68 bits per heavy atom. The minimum absolute atomic E-state index is 0.134. The summed E-state index contributed by atoms with van der Waals surface area (Å²) in [6.45, 7) is 2.36. The summed E-state index contributed by atoms with van der Waals surface area (Å²) in [5.41, 5.74) is 1.12. The van der Waals surface area contributed by atoms with Crippen molar-refractivity contribution in [1.29, 1.82) is 0 Å². The van der Waals surface area contributed by atoms with Crippen molar-refractivity contribution in [2.24, 2.45) is 0 Å². The van der Waals surface area contributed by atoms with Crippen molar-refractivity contribution in [3.8, 4) is 17.1 Å². The Labute approximate surface area is 217 Å². The minimum atomic E-state index is -0.408. The summed E-state index contributed by atoms with van der Waals surface area (Å²) in [4.78, 5) is 38.9. The summed E-state index contributed by atoms with van der Waals surface area (Å²) in [5, 5.41) is 1.67. The highest BCUT2D eigenvalue weighted by Crippen LogP contribution is 2.33. The zero-order valence-electron chi connectivity index (χ0n) is 20.0. The predicted octanol–water partition coefficient (Wildman–Crippen LogP) is 6.39. The molecule has 0 spiro atoms. The van der Waals surface area contributed by atoms with Crippen molar-refractivity contribution in [3.05, 3.63) is 95.1 Å². The third kappa shape index (κ3) is 5.29. The Kier molecular flexibility index (Phi) is 7.09. The first-order valence-corrected chi connectivity index (χ1v) is 12.6. The minimum Gasteiger partial charge on any atom is -0.491 e. The normalized spacial score (nSPS) is 14.5. The number of carbonyl (C=O) groups is 3. The molecule has 2 heterocycles. The van der Waals surface area contributed by atoms with E-state index < -0.39 is 11.9 Å². The molecule has 0 atom stereocenters. The van der Waals surface area contributed by atoms with Crippen LogP contribution >= 0.6 is 11.8 Å². The lowest BCUT2D eigenvalue weighted by Gasteiger charge is -2.14. The molecule has 8 heteroatoms. The second kappa shape index (κ2) is 10.8. The molecule has 3 aromatic carbocycles. The molecule has 0 radical (unpaired) electrons. The zero-order valence-corrected chi connectivity index (χ0v) is 20.8. The Bertz CT molecular complexity index is 1520. The van der Waals surface area contributed by atoms with Crippen molar-refractivity contribution < 1.29 is 28.3 Å². The number of carbonyl (C=O) groups excluding carboxylic acids is 3. The Hall–Kier alpha value is -4.30. The molecular weight excluding hydrogens is 490 g/mol. The first-order valence-electron chi connectivity index (χ1n) is 11.8. The maximum absolute atomic E-state index is 12.9. The van der Waals surface area contributed by atoms with Gasteiger partial charge < -0.3 is 13.9 Å². The summed E-state index contributed by atoms with van der Waals surface area (Å²) >= 11 is 0.864. The van der Waals surface area contributed by atoms with Gasteiger partial charge in [0.25, 0.3) is 11.1 Å². The highest BCUT2D eigenvalue weighted by Gasteiger charge is 2.35. The summed E-state index contributed by atoms with van der Waals surface area (Å²) in [5.74, 6) is 0.859. The van der Waals surface area contributed by atoms with Gasteiger partial charge in [-0.15, -0.1) is 0 Å². The lowest BCUT2D eigenvalue weighted by atomic mass is 10.1. The van der Waals surface area contributed by atoms with Crippen LogP contribution in [0.2, 0.25) is 0 Å². The summed E-state index contributed by atoms with van der Waals surface area (Å²) in [6, 6.07) is 24.0. The van der Waals surface area contributed by atoms with Crippen LogP contribution in [0.3, 0.4) is 0 Å². The summed E-state index contributed by atoms with van der Waals surface area (Å²) in [6.07, 6.45) is 1.55. The fourth-order valence-electron chi connectivity index (χ4n) is 3.99. The van der Waals surface area contributed by atoms with Crippen LogP contribution in [0.1, 0.15) is 23.0 Å². The molecule has 37 heavy (non-hydrogen) atoms. The quantitative estimate of drug-likeness (QED) is 0.199. The van der Waals surface area contributed by atoms with Crippen LogP contribution in [-0.2, 0) is 9.53 Å². The molecule has 1 aliphatic rings. The fraction of sp³-hybridized carbons (Fsp3) is 0.138. The van der Waals surface area contributed by atoms with E-state index in [9.17, 15) is 14.4 Å². The van der Waals surface area contributed by atoms with Gasteiger partial charge in [-0.3, -0.25) is 14.5 Å². The molecule has 2 amide bonds. The zero-order chi connectivity index (χ0) is 25.8. The number of amides is 2. The van der Waals surface area contributed by atoms with Crippen LogP contribution in [0.15, 0.2) is 88.2 Å². The first kappa shape index (κ1) is 24.4. The molecule has 1 fully saturated rings. The number of ether oxygens (including phenoxy) is 2. The summed E-state index contributed by atoms with van der Waals surface area (Å²) in [7, 11) is 0. The summed E-state index contributed by atoms with van der Waals surface area (Å²) < 4.78 is 16.8. The molecule has 0 N–H and O–H groups in total. The number of esters is 1. The molecular formula is C29H23NO6S. The molecule has 0 aliphatic carbocycles. The standard InChI is InChI=1S/C29H23NO6S/c1-2-34-28(32)21-10-5-9-20(17-21)24-14-13-22(36-24)18-26-27(31)30(29(33)37-26)15-16-35-25-12-6-8-19-7-3-4-11-23(19)25/h3-14,17-18H,2,15-16H2,1H3/b26-18-. The van der Waals surface area contributed by atoms with E-state index in [1.165, 1.54) is 4.90 Å². The average molecular weight is 514 g/mol. The van der Waals surface area contributed by atoms with Gasteiger partial charge in [0.05, 0.1) is 23.6 Å². The molecule has 0 unspecified atom stereocenters. The number of benzene rings is 3. The molecule has 7 nitrogen and oxygen atoms in total. The van der Waals surface area contributed by atoms with Gasteiger partial charge in [-0.25, -0.2) is 4.79 Å². The first-order chi connectivity index (χ1) is 18.0. The largest absolute Gasteiger partial charge is 0.491 e. The highest BCUT2D eigenvalue weighted by atomic mass is 32.2. The van der Waals surface area contributed by atoms with Crippen LogP contribution in [0.4, 0.5) is 4.79 Å². The van der Waals surface area contributed by atoms with E-state index >= 15 is 0 Å². The van der Waals surface area contributed by atoms with Crippen molar-refractivity contribution in [2.45, 2.75) is 6.92 Å². The van der Waals surface area contributed by atoms with E-state index in [0.717, 1.165) is 22.5 Å². The van der Waals surface area contributed by atoms with Crippen LogP contribution in [0, 0.1) is 0 Å². The lowest BCUT2D eigenvalue weighted by Crippen LogP contribution is -2.32. The second-order valence-corrected chi connectivity index (χ2v) is 9.16. The Balaban J connectivity index is 1.25. The number of hydrogen-bond acceptors (Lipinski definition) is 7. The molecule has 4 aromatic rings. The third-order valence-electron chi connectivity index (χ3n) is 5.75. The van der Waals surface area contributed by atoms with Crippen molar-refractivity contribution in [2.75, 3.05) is 19.8 Å². The molecule has 1 aliphatic heterocycles. The number of imide groups is 1. The van der Waals surface area contributed by atoms with Gasteiger partial charge in [0.1, 0.15) is 23.9 Å². The van der Waals surface area contributed by atoms with Gasteiger partial charge >= 0.3 is 5.97 Å². The number of rotatable bonds is 8. The number of hydrogen-bond donors (Lipinski definition) is 0. The Morgan fingerprint density at radius 1 is 1.00 bits per heavy atom. The third-order valence-corrected chi connectivity index (χ3v) is 6.66. The molecule has 0 saturated carbocycles. The monoisotopic (exact) mass is 513 g/mol. The Morgan fingerprint density at radius 2 is 1.81 bits per heavy atom. The maximum atomic E-state index is 12.9. The molecule has 186 valence electrons. The van der Waals surface area contributed by atoms with E-state index in [1.54, 1.807) is 43.3 Å². The van der Waals surface area contributed by atoms with E-state index in [4.69, 9.17) is 13.9 Å². The molecule has 1 aromatic heterocycles.